The van der Waals surface area contributed by atoms with E-state index in [2.05, 4.69) is 41.5 Å². The number of nitrogens with zero attached hydrogens (tertiary/aromatic N) is 5. The number of nitrogens with two attached hydrogens (primary N) is 1. The largest absolute Gasteiger partial charge is 0.487 e. The molecule has 2 heterocycles. The number of carbonyl (C=O) groups is 1. The van der Waals surface area contributed by atoms with Crippen molar-refractivity contribution in [3.8, 4) is 5.75 Å². The number of aromatic nitrogens is 1. The third-order valence-electron chi connectivity index (χ3n) is 5.00. The van der Waals surface area contributed by atoms with Gasteiger partial charge in [0.25, 0.3) is 0 Å². The van der Waals surface area contributed by atoms with E-state index in [1.807, 2.05) is 29.2 Å². The molecule has 1 saturated heterocycles. The average molecular weight is 443 g/mol. The number of aliphatic imine (C=N–C) groups is 1. The predicted molar refractivity (Wildman–Crippen MR) is 123 cm³/mol. The van der Waals surface area contributed by atoms with Gasteiger partial charge in [0, 0.05) is 30.8 Å². The van der Waals surface area contributed by atoms with Crippen molar-refractivity contribution in [1.82, 2.24) is 9.88 Å². The van der Waals surface area contributed by atoms with Crippen LogP contribution in [-0.2, 0) is 11.4 Å². The lowest BCUT2D eigenvalue weighted by Crippen LogP contribution is -2.39. The summed E-state index contributed by atoms with van der Waals surface area (Å²) in [6.45, 7) is 8.36. The third kappa shape index (κ3) is 7.13. The fraction of sp³-hybridized carbons (Fsp3) is 0.500. The summed E-state index contributed by atoms with van der Waals surface area (Å²) in [5.41, 5.74) is 1.70. The van der Waals surface area contributed by atoms with Crippen LogP contribution in [0, 0.1) is 5.41 Å². The third-order valence-corrected chi connectivity index (χ3v) is 6.05. The molecule has 1 aliphatic heterocycles. The number of likely N-dealkylation sites (tertiary alicyclic amines) is 1. The molecule has 0 radical (unpaired) electrons. The molecule has 1 aliphatic rings. The first kappa shape index (κ1) is 22.9. The first-order chi connectivity index (χ1) is 14.8. The van der Waals surface area contributed by atoms with Crippen LogP contribution < -0.4 is 10.6 Å². The first-order valence-corrected chi connectivity index (χ1v) is 11.3. The lowest BCUT2D eigenvalue weighted by molar-refractivity contribution is -0.134. The second kappa shape index (κ2) is 10.5. The molecule has 31 heavy (non-hydrogen) atoms. The van der Waals surface area contributed by atoms with Gasteiger partial charge in [-0.1, -0.05) is 26.0 Å². The molecule has 1 aromatic heterocycles. The predicted octanol–water partition coefficient (Wildman–Crippen LogP) is 4.85. The molecule has 0 aliphatic carbocycles. The minimum absolute atomic E-state index is 0.0299. The van der Waals surface area contributed by atoms with Crippen molar-refractivity contribution in [2.24, 2.45) is 26.6 Å². The summed E-state index contributed by atoms with van der Waals surface area (Å²) in [5, 5.41) is 9.80. The fourth-order valence-electron chi connectivity index (χ4n) is 3.43. The molecule has 8 nitrogen and oxygen atoms in total. The molecule has 0 bridgehead atoms. The van der Waals surface area contributed by atoms with E-state index in [-0.39, 0.29) is 11.3 Å². The van der Waals surface area contributed by atoms with Crippen LogP contribution in [-0.4, -0.2) is 35.2 Å². The number of hydrogen-bond donors (Lipinski definition) is 1. The smallest absolute Gasteiger partial charge is 0.223 e. The highest BCUT2D eigenvalue weighted by Gasteiger charge is 2.27. The molecule has 0 atom stereocenters. The van der Waals surface area contributed by atoms with Crippen molar-refractivity contribution < 1.29 is 9.53 Å². The summed E-state index contributed by atoms with van der Waals surface area (Å²) in [7, 11) is 0. The molecule has 3 rings (SSSR count). The monoisotopic (exact) mass is 442 g/mol. The second-order valence-corrected chi connectivity index (χ2v) is 9.72. The van der Waals surface area contributed by atoms with Crippen molar-refractivity contribution in [2.75, 3.05) is 13.1 Å². The van der Waals surface area contributed by atoms with Gasteiger partial charge in [-0.3, -0.25) is 4.79 Å². The molecule has 1 amide bonds. The summed E-state index contributed by atoms with van der Waals surface area (Å²) < 4.78 is 5.85. The van der Waals surface area contributed by atoms with Gasteiger partial charge < -0.3 is 15.5 Å². The van der Waals surface area contributed by atoms with Gasteiger partial charge in [-0.15, -0.1) is 16.5 Å². The SMILES string of the molecule is CC(C)(C)CC(=O)N1CCC(c2nc(COc3ccc(N=CN=NN)cc3)cs2)CC1. The number of thiazole rings is 1. The molecule has 0 unspecified atom stereocenters. The van der Waals surface area contributed by atoms with Crippen molar-refractivity contribution in [1.29, 1.82) is 0 Å². The van der Waals surface area contributed by atoms with Crippen LogP contribution in [0.4, 0.5) is 5.69 Å². The Kier molecular flexibility index (Phi) is 7.73. The van der Waals surface area contributed by atoms with Gasteiger partial charge in [0.2, 0.25) is 5.91 Å². The van der Waals surface area contributed by atoms with Crippen LogP contribution in [0.25, 0.3) is 0 Å². The van der Waals surface area contributed by atoms with Crippen LogP contribution in [0.2, 0.25) is 0 Å². The van der Waals surface area contributed by atoms with Gasteiger partial charge in [0.05, 0.1) is 16.4 Å². The zero-order chi connectivity index (χ0) is 22.3. The zero-order valence-electron chi connectivity index (χ0n) is 18.3. The van der Waals surface area contributed by atoms with Gasteiger partial charge in [0.15, 0.2) is 0 Å². The Balaban J connectivity index is 1.47. The molecule has 2 aromatic rings. The minimum Gasteiger partial charge on any atom is -0.487 e. The van der Waals surface area contributed by atoms with Crippen LogP contribution in [0.15, 0.2) is 45.0 Å². The Hall–Kier alpha value is -2.81. The number of carbonyl (C=O) groups excluding carboxylic acids is 1. The molecule has 2 N–H and O–H groups in total. The quantitative estimate of drug-likeness (QED) is 0.217. The summed E-state index contributed by atoms with van der Waals surface area (Å²) in [6, 6.07) is 7.37. The average Bonchev–Trinajstić information content (AvgIpc) is 3.21. The Morgan fingerprint density at radius 3 is 2.65 bits per heavy atom. The molecule has 1 aromatic carbocycles. The Morgan fingerprint density at radius 2 is 2.00 bits per heavy atom. The number of piperidine rings is 1. The van der Waals surface area contributed by atoms with Crippen LogP contribution in [0.1, 0.15) is 56.7 Å². The number of hydrogen-bond acceptors (Lipinski definition) is 6. The Morgan fingerprint density at radius 1 is 1.29 bits per heavy atom. The van der Waals surface area contributed by atoms with Crippen molar-refractivity contribution in [3.63, 3.8) is 0 Å². The van der Waals surface area contributed by atoms with Crippen molar-refractivity contribution in [2.45, 2.75) is 52.6 Å². The normalized spacial score (nSPS) is 15.8. The van der Waals surface area contributed by atoms with Gasteiger partial charge >= 0.3 is 0 Å². The van der Waals surface area contributed by atoms with E-state index in [0.717, 1.165) is 48.1 Å². The maximum absolute atomic E-state index is 12.4. The molecule has 0 spiro atoms. The summed E-state index contributed by atoms with van der Waals surface area (Å²) >= 11 is 1.68. The second-order valence-electron chi connectivity index (χ2n) is 8.83. The highest BCUT2D eigenvalue weighted by Crippen LogP contribution is 2.31. The molecule has 1 fully saturated rings. The first-order valence-electron chi connectivity index (χ1n) is 10.4. The van der Waals surface area contributed by atoms with E-state index in [0.29, 0.717) is 18.9 Å². The molecule has 0 saturated carbocycles. The Labute approximate surface area is 187 Å². The fourth-order valence-corrected chi connectivity index (χ4v) is 4.40. The van der Waals surface area contributed by atoms with E-state index in [4.69, 9.17) is 15.6 Å². The summed E-state index contributed by atoms with van der Waals surface area (Å²) in [6.07, 6.45) is 3.82. The zero-order valence-corrected chi connectivity index (χ0v) is 19.1. The van der Waals surface area contributed by atoms with Crippen LogP contribution >= 0.6 is 11.3 Å². The molecular weight excluding hydrogens is 412 g/mol. The van der Waals surface area contributed by atoms with E-state index >= 15 is 0 Å². The number of rotatable bonds is 7. The van der Waals surface area contributed by atoms with E-state index in [1.54, 1.807) is 11.3 Å². The summed E-state index contributed by atoms with van der Waals surface area (Å²) in [5.74, 6) is 6.36. The number of amides is 1. The van der Waals surface area contributed by atoms with Gasteiger partial charge in [-0.2, -0.15) is 0 Å². The lowest BCUT2D eigenvalue weighted by atomic mass is 9.90. The number of ether oxygens (including phenoxy) is 1. The molecule has 9 heteroatoms. The standard InChI is InChI=1S/C22H30N6O2S/c1-22(2,3)12-20(29)28-10-8-16(9-11-28)21-26-18(14-31-21)13-30-19-6-4-17(5-7-19)24-15-25-27-23/h4-7,14-16H,8-13H2,1-3H3,(H2,23,24,25). The van der Waals surface area contributed by atoms with Crippen LogP contribution in [0.5, 0.6) is 5.75 Å². The van der Waals surface area contributed by atoms with E-state index < -0.39 is 0 Å². The lowest BCUT2D eigenvalue weighted by Gasteiger charge is -2.33. The Bertz CT molecular complexity index is 909. The summed E-state index contributed by atoms with van der Waals surface area (Å²) in [4.78, 5) is 23.3. The number of benzene rings is 1. The van der Waals surface area contributed by atoms with Gasteiger partial charge in [-0.05, 0) is 42.5 Å². The van der Waals surface area contributed by atoms with E-state index in [9.17, 15) is 4.79 Å². The van der Waals surface area contributed by atoms with Crippen LogP contribution in [0.3, 0.4) is 0 Å². The van der Waals surface area contributed by atoms with Crippen molar-refractivity contribution in [3.05, 3.63) is 40.3 Å². The maximum Gasteiger partial charge on any atom is 0.223 e. The maximum atomic E-state index is 12.4. The topological polar surface area (TPSA) is 106 Å². The van der Waals surface area contributed by atoms with Gasteiger partial charge in [-0.25, -0.2) is 9.98 Å². The molecular formula is C22H30N6O2S. The minimum atomic E-state index is 0.0299. The highest BCUT2D eigenvalue weighted by molar-refractivity contribution is 7.09. The highest BCUT2D eigenvalue weighted by atomic mass is 32.1. The van der Waals surface area contributed by atoms with E-state index in [1.165, 1.54) is 6.34 Å². The van der Waals surface area contributed by atoms with Gasteiger partial charge in [0.1, 0.15) is 18.7 Å². The van der Waals surface area contributed by atoms with Crippen molar-refractivity contribution >= 4 is 29.3 Å². The molecule has 166 valence electrons.